The Kier molecular flexibility index (Phi) is 3.12. The fourth-order valence-electron chi connectivity index (χ4n) is 0.900. The van der Waals surface area contributed by atoms with E-state index >= 15 is 0 Å². The van der Waals surface area contributed by atoms with Gasteiger partial charge in [0.25, 0.3) is 0 Å². The third kappa shape index (κ3) is 1.77. The summed E-state index contributed by atoms with van der Waals surface area (Å²) in [7, 11) is 0. The Labute approximate surface area is 69.0 Å². The summed E-state index contributed by atoms with van der Waals surface area (Å²) in [6, 6.07) is -0.536. The Hall–Kier alpha value is -1.01. The minimum Gasteiger partial charge on any atom is -0.394 e. The number of rotatable bonds is 4. The van der Waals surface area contributed by atoms with Crippen LogP contribution >= 0.6 is 0 Å². The summed E-state index contributed by atoms with van der Waals surface area (Å²) in [6.07, 6.45) is 1.43. The quantitative estimate of drug-likeness (QED) is 0.629. The number of alkyl halides is 1. The van der Waals surface area contributed by atoms with Crippen molar-refractivity contribution in [3.63, 3.8) is 0 Å². The van der Waals surface area contributed by atoms with Crippen molar-refractivity contribution in [3.8, 4) is 0 Å². The predicted molar refractivity (Wildman–Crippen MR) is 40.0 cm³/mol. The van der Waals surface area contributed by atoms with E-state index in [1.54, 1.807) is 0 Å². The highest BCUT2D eigenvalue weighted by Crippen LogP contribution is 2.06. The average Bonchev–Trinajstić information content (AvgIpc) is 2.52. The number of aryl methyl sites for hydroxylation is 1. The molecule has 12 heavy (non-hydrogen) atoms. The largest absolute Gasteiger partial charge is 0.394 e. The molecule has 0 radical (unpaired) electrons. The van der Waals surface area contributed by atoms with Crippen LogP contribution in [0.5, 0.6) is 0 Å². The molecule has 6 heteroatoms. The molecule has 3 N–H and O–H groups in total. The second-order valence-corrected chi connectivity index (χ2v) is 2.36. The van der Waals surface area contributed by atoms with E-state index in [1.165, 1.54) is 10.9 Å². The summed E-state index contributed by atoms with van der Waals surface area (Å²) in [4.78, 5) is 0. The standard InChI is InChI=1S/C6H11FN4O/c7-1-2-11-6(3-9-10-11)5(8)4-12/h3,5,12H,1-2,4,8H2. The molecular formula is C6H11FN4O. The van der Waals surface area contributed by atoms with Crippen LogP contribution in [-0.4, -0.2) is 33.4 Å². The molecule has 1 rings (SSSR count). The zero-order valence-electron chi connectivity index (χ0n) is 6.52. The number of aromatic nitrogens is 3. The van der Waals surface area contributed by atoms with Gasteiger partial charge in [-0.2, -0.15) is 0 Å². The van der Waals surface area contributed by atoms with Gasteiger partial charge in [0, 0.05) is 0 Å². The Morgan fingerprint density at radius 2 is 2.50 bits per heavy atom. The molecule has 1 atom stereocenters. The Morgan fingerprint density at radius 3 is 3.08 bits per heavy atom. The van der Waals surface area contributed by atoms with E-state index in [4.69, 9.17) is 10.8 Å². The molecule has 1 unspecified atom stereocenters. The number of hydrogen-bond acceptors (Lipinski definition) is 4. The van der Waals surface area contributed by atoms with Gasteiger partial charge in [0.2, 0.25) is 0 Å². The Balaban J connectivity index is 2.76. The van der Waals surface area contributed by atoms with Gasteiger partial charge in [-0.15, -0.1) is 5.10 Å². The van der Waals surface area contributed by atoms with Crippen molar-refractivity contribution < 1.29 is 9.50 Å². The highest BCUT2D eigenvalue weighted by molar-refractivity contribution is 5.00. The third-order valence-corrected chi connectivity index (χ3v) is 1.52. The molecule has 0 aromatic carbocycles. The maximum atomic E-state index is 11.9. The number of hydrogen-bond donors (Lipinski definition) is 2. The Bertz CT molecular complexity index is 239. The summed E-state index contributed by atoms with van der Waals surface area (Å²) < 4.78 is 13.3. The van der Waals surface area contributed by atoms with Crippen LogP contribution in [0.15, 0.2) is 6.20 Å². The molecule has 1 aromatic heterocycles. The summed E-state index contributed by atoms with van der Waals surface area (Å²) in [5, 5.41) is 15.9. The molecule has 0 amide bonds. The summed E-state index contributed by atoms with van der Waals surface area (Å²) in [5.74, 6) is 0. The maximum Gasteiger partial charge on any atom is 0.109 e. The summed E-state index contributed by atoms with van der Waals surface area (Å²) in [6.45, 7) is -0.586. The zero-order chi connectivity index (χ0) is 8.97. The minimum absolute atomic E-state index is 0.128. The molecule has 0 bridgehead atoms. The van der Waals surface area contributed by atoms with E-state index in [-0.39, 0.29) is 13.2 Å². The fourth-order valence-corrected chi connectivity index (χ4v) is 0.900. The van der Waals surface area contributed by atoms with Gasteiger partial charge in [-0.3, -0.25) is 0 Å². The second kappa shape index (κ2) is 4.13. The van der Waals surface area contributed by atoms with Crippen molar-refractivity contribution in [1.29, 1.82) is 0 Å². The molecular weight excluding hydrogens is 163 g/mol. The van der Waals surface area contributed by atoms with Gasteiger partial charge in [0.15, 0.2) is 0 Å². The van der Waals surface area contributed by atoms with Crippen molar-refractivity contribution in [3.05, 3.63) is 11.9 Å². The lowest BCUT2D eigenvalue weighted by Crippen LogP contribution is -2.20. The van der Waals surface area contributed by atoms with Crippen LogP contribution in [0.4, 0.5) is 4.39 Å². The molecule has 0 saturated carbocycles. The first-order valence-electron chi connectivity index (χ1n) is 3.60. The average molecular weight is 174 g/mol. The van der Waals surface area contributed by atoms with Crippen LogP contribution in [0, 0.1) is 0 Å². The van der Waals surface area contributed by atoms with E-state index in [2.05, 4.69) is 10.3 Å². The molecule has 0 fully saturated rings. The van der Waals surface area contributed by atoms with Gasteiger partial charge in [0.1, 0.15) is 6.67 Å². The first-order chi connectivity index (χ1) is 5.79. The molecule has 5 nitrogen and oxygen atoms in total. The molecule has 0 spiro atoms. The fraction of sp³-hybridized carbons (Fsp3) is 0.667. The van der Waals surface area contributed by atoms with Crippen LogP contribution in [0.1, 0.15) is 11.7 Å². The number of aliphatic hydroxyl groups excluding tert-OH is 1. The first-order valence-corrected chi connectivity index (χ1v) is 3.60. The summed E-state index contributed by atoms with van der Waals surface area (Å²) in [5.41, 5.74) is 6.05. The van der Waals surface area contributed by atoms with Gasteiger partial charge in [-0.05, 0) is 0 Å². The smallest absolute Gasteiger partial charge is 0.109 e. The van der Waals surface area contributed by atoms with Crippen LogP contribution in [0.2, 0.25) is 0 Å². The van der Waals surface area contributed by atoms with E-state index in [0.717, 1.165) is 0 Å². The lowest BCUT2D eigenvalue weighted by molar-refractivity contribution is 0.260. The van der Waals surface area contributed by atoms with E-state index in [9.17, 15) is 4.39 Å². The van der Waals surface area contributed by atoms with Gasteiger partial charge in [-0.1, -0.05) is 5.21 Å². The molecule has 1 heterocycles. The topological polar surface area (TPSA) is 77.0 Å². The van der Waals surface area contributed by atoms with Crippen LogP contribution in [0.25, 0.3) is 0 Å². The molecule has 68 valence electrons. The van der Waals surface area contributed by atoms with Gasteiger partial charge in [0.05, 0.1) is 31.1 Å². The molecule has 1 aromatic rings. The van der Waals surface area contributed by atoms with Gasteiger partial charge in [-0.25, -0.2) is 9.07 Å². The number of aliphatic hydroxyl groups is 1. The van der Waals surface area contributed by atoms with Crippen molar-refractivity contribution in [2.24, 2.45) is 5.73 Å². The zero-order valence-corrected chi connectivity index (χ0v) is 6.52. The molecule has 0 aliphatic carbocycles. The first kappa shape index (κ1) is 9.08. The van der Waals surface area contributed by atoms with Crippen molar-refractivity contribution in [2.45, 2.75) is 12.6 Å². The normalized spacial score (nSPS) is 13.2. The number of halogens is 1. The van der Waals surface area contributed by atoms with Crippen molar-refractivity contribution in [1.82, 2.24) is 15.0 Å². The van der Waals surface area contributed by atoms with Crippen molar-refractivity contribution >= 4 is 0 Å². The SMILES string of the molecule is NC(CO)c1cnnn1CCF. The van der Waals surface area contributed by atoms with E-state index in [1.807, 2.05) is 0 Å². The van der Waals surface area contributed by atoms with Crippen LogP contribution in [-0.2, 0) is 6.54 Å². The predicted octanol–water partition coefficient (Wildman–Crippen LogP) is -0.760. The highest BCUT2D eigenvalue weighted by atomic mass is 19.1. The van der Waals surface area contributed by atoms with Gasteiger partial charge >= 0.3 is 0 Å². The highest BCUT2D eigenvalue weighted by Gasteiger charge is 2.10. The maximum absolute atomic E-state index is 11.9. The summed E-state index contributed by atoms with van der Waals surface area (Å²) >= 11 is 0. The van der Waals surface area contributed by atoms with E-state index in [0.29, 0.717) is 5.69 Å². The lowest BCUT2D eigenvalue weighted by Gasteiger charge is -2.08. The van der Waals surface area contributed by atoms with Crippen LogP contribution in [0.3, 0.4) is 0 Å². The number of nitrogens with two attached hydrogens (primary N) is 1. The Morgan fingerprint density at radius 1 is 1.75 bits per heavy atom. The molecule has 0 saturated heterocycles. The second-order valence-electron chi connectivity index (χ2n) is 2.36. The monoisotopic (exact) mass is 174 g/mol. The third-order valence-electron chi connectivity index (χ3n) is 1.52. The molecule has 0 aliphatic rings. The van der Waals surface area contributed by atoms with Crippen molar-refractivity contribution in [2.75, 3.05) is 13.3 Å². The number of nitrogens with zero attached hydrogens (tertiary/aromatic N) is 3. The molecule has 0 aliphatic heterocycles. The minimum atomic E-state index is -0.536. The van der Waals surface area contributed by atoms with Crippen LogP contribution < -0.4 is 5.73 Å². The van der Waals surface area contributed by atoms with E-state index < -0.39 is 12.7 Å². The van der Waals surface area contributed by atoms with Gasteiger partial charge < -0.3 is 10.8 Å². The lowest BCUT2D eigenvalue weighted by atomic mass is 10.2.